The van der Waals surface area contributed by atoms with Gasteiger partial charge >= 0.3 is 0 Å². The third-order valence-electron chi connectivity index (χ3n) is 4.64. The lowest BCUT2D eigenvalue weighted by molar-refractivity contribution is -0.708. The van der Waals surface area contributed by atoms with Crippen LogP contribution in [-0.4, -0.2) is 0 Å². The standard InChI is InChI=1S/C21H37BrN/c1-2-3-4-5-6-7-8-9-10-11-12-13-14-16-19-23-20-17-15-18-21(23)22/h15,17-18,20H,2-14,16,19H2,1H3/q+1. The molecule has 0 spiro atoms. The summed E-state index contributed by atoms with van der Waals surface area (Å²) >= 11 is 3.60. The second-order valence-corrected chi connectivity index (χ2v) is 7.63. The maximum atomic E-state index is 3.60. The average molecular weight is 383 g/mol. The fourth-order valence-corrected chi connectivity index (χ4v) is 3.56. The summed E-state index contributed by atoms with van der Waals surface area (Å²) in [5.74, 6) is 0. The number of aromatic nitrogens is 1. The molecule has 0 amide bonds. The molecule has 0 radical (unpaired) electrons. The van der Waals surface area contributed by atoms with Crippen molar-refractivity contribution in [1.29, 1.82) is 0 Å². The second-order valence-electron chi connectivity index (χ2n) is 6.81. The topological polar surface area (TPSA) is 3.88 Å². The van der Waals surface area contributed by atoms with Gasteiger partial charge in [0.15, 0.2) is 6.20 Å². The van der Waals surface area contributed by atoms with Gasteiger partial charge in [0.1, 0.15) is 6.54 Å². The number of aryl methyl sites for hydroxylation is 1. The molecule has 1 nitrogen and oxygen atoms in total. The van der Waals surface area contributed by atoms with Gasteiger partial charge < -0.3 is 0 Å². The van der Waals surface area contributed by atoms with E-state index < -0.39 is 0 Å². The summed E-state index contributed by atoms with van der Waals surface area (Å²) in [5, 5.41) is 0. The van der Waals surface area contributed by atoms with Crippen molar-refractivity contribution >= 4 is 15.9 Å². The SMILES string of the molecule is CCCCCCCCCCCCCCCC[n+]1ccccc1Br. The molecule has 0 aliphatic rings. The van der Waals surface area contributed by atoms with Gasteiger partial charge in [-0.1, -0.05) is 84.0 Å². The fraction of sp³-hybridized carbons (Fsp3) is 0.762. The van der Waals surface area contributed by atoms with Crippen molar-refractivity contribution in [2.24, 2.45) is 0 Å². The zero-order valence-electron chi connectivity index (χ0n) is 15.2. The highest BCUT2D eigenvalue weighted by Gasteiger charge is 2.04. The van der Waals surface area contributed by atoms with E-state index in [-0.39, 0.29) is 0 Å². The monoisotopic (exact) mass is 382 g/mol. The van der Waals surface area contributed by atoms with E-state index in [9.17, 15) is 0 Å². The first-order valence-corrected chi connectivity index (χ1v) is 10.8. The molecule has 132 valence electrons. The maximum absolute atomic E-state index is 3.60. The summed E-state index contributed by atoms with van der Waals surface area (Å²) in [4.78, 5) is 0. The Morgan fingerprint density at radius 1 is 0.696 bits per heavy atom. The maximum Gasteiger partial charge on any atom is 0.247 e. The largest absolute Gasteiger partial charge is 0.247 e. The van der Waals surface area contributed by atoms with Crippen LogP contribution < -0.4 is 4.57 Å². The number of unbranched alkanes of at least 4 members (excludes halogenated alkanes) is 13. The molecule has 0 saturated carbocycles. The molecule has 2 heteroatoms. The van der Waals surface area contributed by atoms with Crippen molar-refractivity contribution in [2.45, 2.75) is 103 Å². The molecule has 23 heavy (non-hydrogen) atoms. The molecule has 0 aliphatic carbocycles. The van der Waals surface area contributed by atoms with Crippen LogP contribution in [0.1, 0.15) is 96.8 Å². The molecule has 1 rings (SSSR count). The van der Waals surface area contributed by atoms with E-state index in [1.807, 2.05) is 0 Å². The number of nitrogens with zero attached hydrogens (tertiary/aromatic N) is 1. The number of halogens is 1. The second kappa shape index (κ2) is 15.2. The predicted molar refractivity (Wildman–Crippen MR) is 105 cm³/mol. The summed E-state index contributed by atoms with van der Waals surface area (Å²) in [6, 6.07) is 6.30. The summed E-state index contributed by atoms with van der Waals surface area (Å²) < 4.78 is 3.48. The Morgan fingerprint density at radius 2 is 1.17 bits per heavy atom. The highest BCUT2D eigenvalue weighted by atomic mass is 79.9. The third kappa shape index (κ3) is 11.8. The van der Waals surface area contributed by atoms with Crippen LogP contribution in [0.4, 0.5) is 0 Å². The van der Waals surface area contributed by atoms with Crippen LogP contribution >= 0.6 is 15.9 Å². The molecule has 0 bridgehead atoms. The van der Waals surface area contributed by atoms with Gasteiger partial charge in [-0.2, -0.15) is 4.57 Å². The van der Waals surface area contributed by atoms with E-state index in [2.05, 4.69) is 51.8 Å². The highest BCUT2D eigenvalue weighted by molar-refractivity contribution is 9.10. The van der Waals surface area contributed by atoms with Crippen molar-refractivity contribution < 1.29 is 4.57 Å². The van der Waals surface area contributed by atoms with E-state index in [0.29, 0.717) is 0 Å². The molecule has 0 saturated heterocycles. The smallest absolute Gasteiger partial charge is 0.193 e. The number of pyridine rings is 1. The van der Waals surface area contributed by atoms with E-state index in [1.165, 1.54) is 94.5 Å². The van der Waals surface area contributed by atoms with Gasteiger partial charge in [0, 0.05) is 34.5 Å². The first-order chi connectivity index (χ1) is 11.3. The van der Waals surface area contributed by atoms with Gasteiger partial charge in [-0.15, -0.1) is 0 Å². The normalized spacial score (nSPS) is 11.0. The molecular weight excluding hydrogens is 346 g/mol. The summed E-state index contributed by atoms with van der Waals surface area (Å²) in [5.41, 5.74) is 0. The molecule has 1 aromatic rings. The zero-order valence-corrected chi connectivity index (χ0v) is 16.8. The molecule has 0 fully saturated rings. The lowest BCUT2D eigenvalue weighted by Crippen LogP contribution is -2.34. The van der Waals surface area contributed by atoms with Crippen LogP contribution in [0.3, 0.4) is 0 Å². The van der Waals surface area contributed by atoms with Crippen LogP contribution in [0, 0.1) is 0 Å². The molecule has 0 aliphatic heterocycles. The lowest BCUT2D eigenvalue weighted by Gasteiger charge is -2.03. The summed E-state index contributed by atoms with van der Waals surface area (Å²) in [6.07, 6.45) is 22.1. The van der Waals surface area contributed by atoms with Gasteiger partial charge in [-0.25, -0.2) is 0 Å². The van der Waals surface area contributed by atoms with Crippen LogP contribution in [-0.2, 0) is 6.54 Å². The van der Waals surface area contributed by atoms with Crippen molar-refractivity contribution in [3.63, 3.8) is 0 Å². The van der Waals surface area contributed by atoms with E-state index in [0.717, 1.165) is 6.54 Å². The quantitative estimate of drug-likeness (QED) is 0.171. The Bertz CT molecular complexity index is 378. The Labute approximate surface area is 153 Å². The van der Waals surface area contributed by atoms with Gasteiger partial charge in [0.2, 0.25) is 4.60 Å². The summed E-state index contributed by atoms with van der Waals surface area (Å²) in [6.45, 7) is 3.43. The van der Waals surface area contributed by atoms with Crippen LogP contribution in [0.5, 0.6) is 0 Å². The Hall–Kier alpha value is -0.370. The van der Waals surface area contributed by atoms with Crippen molar-refractivity contribution in [1.82, 2.24) is 0 Å². The molecule has 1 heterocycles. The Kier molecular flexibility index (Phi) is 13.6. The Balaban J connectivity index is 1.79. The molecule has 0 aromatic carbocycles. The van der Waals surface area contributed by atoms with E-state index in [4.69, 9.17) is 0 Å². The highest BCUT2D eigenvalue weighted by Crippen LogP contribution is 2.13. The number of rotatable bonds is 15. The van der Waals surface area contributed by atoms with Gasteiger partial charge in [-0.3, -0.25) is 0 Å². The van der Waals surface area contributed by atoms with Gasteiger partial charge in [-0.05, 0) is 12.5 Å². The van der Waals surface area contributed by atoms with Crippen molar-refractivity contribution in [3.05, 3.63) is 29.0 Å². The predicted octanol–water partition coefficient (Wildman–Crippen LogP) is 7.22. The Morgan fingerprint density at radius 3 is 1.65 bits per heavy atom. The van der Waals surface area contributed by atoms with E-state index in [1.54, 1.807) is 0 Å². The fourth-order valence-electron chi connectivity index (χ4n) is 3.11. The zero-order chi connectivity index (χ0) is 16.6. The first kappa shape index (κ1) is 20.7. The average Bonchev–Trinajstić information content (AvgIpc) is 2.57. The number of hydrogen-bond donors (Lipinski definition) is 0. The first-order valence-electron chi connectivity index (χ1n) is 9.98. The van der Waals surface area contributed by atoms with Crippen molar-refractivity contribution in [3.8, 4) is 0 Å². The van der Waals surface area contributed by atoms with Crippen LogP contribution in [0.15, 0.2) is 29.0 Å². The van der Waals surface area contributed by atoms with Crippen molar-refractivity contribution in [2.75, 3.05) is 0 Å². The molecule has 1 aromatic heterocycles. The molecule has 0 unspecified atom stereocenters. The van der Waals surface area contributed by atoms with Crippen LogP contribution in [0.2, 0.25) is 0 Å². The van der Waals surface area contributed by atoms with Gasteiger partial charge in [0.05, 0.1) is 0 Å². The van der Waals surface area contributed by atoms with Crippen LogP contribution in [0.25, 0.3) is 0 Å². The molecular formula is C21H37BrN+. The molecule has 0 N–H and O–H groups in total. The number of hydrogen-bond acceptors (Lipinski definition) is 0. The minimum Gasteiger partial charge on any atom is -0.193 e. The summed E-state index contributed by atoms with van der Waals surface area (Å²) in [7, 11) is 0. The third-order valence-corrected chi connectivity index (χ3v) is 5.36. The molecule has 0 atom stereocenters. The lowest BCUT2D eigenvalue weighted by atomic mass is 10.0. The van der Waals surface area contributed by atoms with E-state index >= 15 is 0 Å². The van der Waals surface area contributed by atoms with Gasteiger partial charge in [0.25, 0.3) is 0 Å². The minimum atomic E-state index is 1.14. The minimum absolute atomic E-state index is 1.14.